The first kappa shape index (κ1) is 14.0. The molecule has 0 aliphatic heterocycles. The van der Waals surface area contributed by atoms with Gasteiger partial charge in [-0.3, -0.25) is 0 Å². The Hall–Kier alpha value is -2.44. The molecule has 0 saturated carbocycles. The van der Waals surface area contributed by atoms with Gasteiger partial charge in [0.15, 0.2) is 0 Å². The van der Waals surface area contributed by atoms with Crippen LogP contribution in [0.3, 0.4) is 0 Å². The minimum absolute atomic E-state index is 0.191. The zero-order chi connectivity index (χ0) is 14.5. The molecule has 0 spiro atoms. The molecule has 106 valence electrons. The molecule has 2 N–H and O–H groups in total. The first-order valence-electron chi connectivity index (χ1n) is 6.38. The van der Waals surface area contributed by atoms with Crippen LogP contribution >= 0.6 is 0 Å². The molecular weight excluding hydrogens is 258 g/mol. The molecule has 0 aromatic carbocycles. The average Bonchev–Trinajstić information content (AvgIpc) is 2.43. The van der Waals surface area contributed by atoms with E-state index in [1.165, 1.54) is 0 Å². The molecule has 7 nitrogen and oxygen atoms in total. The van der Waals surface area contributed by atoms with Crippen molar-refractivity contribution < 1.29 is 9.47 Å². The molecule has 0 unspecified atom stereocenters. The Balaban J connectivity index is 2.55. The molecule has 20 heavy (non-hydrogen) atoms. The van der Waals surface area contributed by atoms with Crippen LogP contribution in [0.1, 0.15) is 19.4 Å². The summed E-state index contributed by atoms with van der Waals surface area (Å²) in [5.74, 6) is 0.676. The van der Waals surface area contributed by atoms with Gasteiger partial charge in [-0.05, 0) is 26.8 Å². The van der Waals surface area contributed by atoms with Crippen LogP contribution in [0, 0.1) is 6.92 Å². The Kier molecular flexibility index (Phi) is 4.29. The summed E-state index contributed by atoms with van der Waals surface area (Å²) in [5.41, 5.74) is 7.63. The molecule has 0 radical (unpaired) electrons. The van der Waals surface area contributed by atoms with Crippen LogP contribution in [0.4, 0.5) is 5.95 Å². The average molecular weight is 275 g/mol. The second-order valence-electron chi connectivity index (χ2n) is 3.95. The van der Waals surface area contributed by atoms with Crippen molar-refractivity contribution >= 4 is 5.95 Å². The predicted octanol–water partition coefficient (Wildman–Crippen LogP) is 1.62. The molecule has 0 bridgehead atoms. The van der Waals surface area contributed by atoms with E-state index < -0.39 is 0 Å². The van der Waals surface area contributed by atoms with Gasteiger partial charge in [-0.15, -0.1) is 0 Å². The summed E-state index contributed by atoms with van der Waals surface area (Å²) in [6.45, 7) is 6.61. The van der Waals surface area contributed by atoms with Gasteiger partial charge in [0.05, 0.1) is 18.9 Å². The lowest BCUT2D eigenvalue weighted by molar-refractivity contribution is 0.288. The van der Waals surface area contributed by atoms with Gasteiger partial charge in [0, 0.05) is 11.8 Å². The molecule has 2 aromatic rings. The number of hydrogen-bond donors (Lipinski definition) is 1. The van der Waals surface area contributed by atoms with E-state index in [-0.39, 0.29) is 12.0 Å². The fraction of sp³-hybridized carbons (Fsp3) is 0.385. The maximum absolute atomic E-state index is 5.61. The van der Waals surface area contributed by atoms with E-state index in [0.29, 0.717) is 30.5 Å². The summed E-state index contributed by atoms with van der Waals surface area (Å²) in [7, 11) is 0. The van der Waals surface area contributed by atoms with Gasteiger partial charge < -0.3 is 15.2 Å². The summed E-state index contributed by atoms with van der Waals surface area (Å²) in [6, 6.07) is 1.99. The van der Waals surface area contributed by atoms with Crippen LogP contribution < -0.4 is 15.2 Å². The van der Waals surface area contributed by atoms with Crippen LogP contribution in [-0.2, 0) is 0 Å². The van der Waals surface area contributed by atoms with E-state index in [0.717, 1.165) is 5.56 Å². The Morgan fingerprint density at radius 3 is 2.50 bits per heavy atom. The molecule has 2 aromatic heterocycles. The van der Waals surface area contributed by atoms with Gasteiger partial charge in [-0.1, -0.05) is 0 Å². The van der Waals surface area contributed by atoms with Crippen LogP contribution in [0.25, 0.3) is 11.4 Å². The number of ether oxygens (including phenoxy) is 2. The number of rotatable bonds is 5. The van der Waals surface area contributed by atoms with Crippen LogP contribution in [0.2, 0.25) is 0 Å². The van der Waals surface area contributed by atoms with Crippen LogP contribution in [0.5, 0.6) is 11.9 Å². The van der Waals surface area contributed by atoms with Crippen molar-refractivity contribution in [3.8, 4) is 23.3 Å². The van der Waals surface area contributed by atoms with Gasteiger partial charge in [0.2, 0.25) is 11.8 Å². The fourth-order valence-electron chi connectivity index (χ4n) is 1.70. The van der Waals surface area contributed by atoms with Crippen molar-refractivity contribution in [3.05, 3.63) is 17.8 Å². The van der Waals surface area contributed by atoms with E-state index in [2.05, 4.69) is 19.9 Å². The Morgan fingerprint density at radius 2 is 1.85 bits per heavy atom. The zero-order valence-corrected chi connectivity index (χ0v) is 11.8. The third-order valence-electron chi connectivity index (χ3n) is 2.55. The lowest BCUT2D eigenvalue weighted by Crippen LogP contribution is -2.06. The van der Waals surface area contributed by atoms with Crippen molar-refractivity contribution in [1.82, 2.24) is 19.9 Å². The monoisotopic (exact) mass is 275 g/mol. The summed E-state index contributed by atoms with van der Waals surface area (Å²) in [4.78, 5) is 16.6. The third-order valence-corrected chi connectivity index (χ3v) is 2.55. The molecule has 7 heteroatoms. The number of anilines is 1. The number of nitrogens with two attached hydrogens (primary N) is 1. The first-order valence-corrected chi connectivity index (χ1v) is 6.38. The standard InChI is InChI=1S/C13H17N5O2/c1-4-19-11-8(3)10(17-13(18-11)20-5-2)9-6-7-15-12(14)16-9/h6-7H,4-5H2,1-3H3,(H2,14,15,16). The largest absolute Gasteiger partial charge is 0.478 e. The molecule has 2 rings (SSSR count). The van der Waals surface area contributed by atoms with Crippen LogP contribution in [0.15, 0.2) is 12.3 Å². The van der Waals surface area contributed by atoms with Crippen molar-refractivity contribution in [2.24, 2.45) is 0 Å². The molecular formula is C13H17N5O2. The maximum Gasteiger partial charge on any atom is 0.320 e. The molecule has 0 amide bonds. The fourth-order valence-corrected chi connectivity index (χ4v) is 1.70. The summed E-state index contributed by atoms with van der Waals surface area (Å²) < 4.78 is 10.9. The molecule has 0 atom stereocenters. The number of aromatic nitrogens is 4. The highest BCUT2D eigenvalue weighted by Crippen LogP contribution is 2.28. The minimum Gasteiger partial charge on any atom is -0.478 e. The minimum atomic E-state index is 0.191. The molecule has 0 fully saturated rings. The second-order valence-corrected chi connectivity index (χ2v) is 3.95. The zero-order valence-electron chi connectivity index (χ0n) is 11.8. The van der Waals surface area contributed by atoms with Gasteiger partial charge in [0.25, 0.3) is 0 Å². The number of nitrogens with zero attached hydrogens (tertiary/aromatic N) is 4. The third kappa shape index (κ3) is 2.93. The highest BCUT2D eigenvalue weighted by molar-refractivity contribution is 5.61. The first-order chi connectivity index (χ1) is 9.65. The summed E-state index contributed by atoms with van der Waals surface area (Å²) in [6.07, 6.45) is 1.58. The van der Waals surface area contributed by atoms with Gasteiger partial charge in [-0.25, -0.2) is 9.97 Å². The van der Waals surface area contributed by atoms with Crippen molar-refractivity contribution in [2.75, 3.05) is 18.9 Å². The van der Waals surface area contributed by atoms with E-state index in [1.807, 2.05) is 20.8 Å². The highest BCUT2D eigenvalue weighted by atomic mass is 16.5. The predicted molar refractivity (Wildman–Crippen MR) is 74.5 cm³/mol. The molecule has 0 aliphatic rings. The van der Waals surface area contributed by atoms with Gasteiger partial charge in [0.1, 0.15) is 5.69 Å². The number of nitrogen functional groups attached to an aromatic ring is 1. The lowest BCUT2D eigenvalue weighted by Gasteiger charge is -2.12. The van der Waals surface area contributed by atoms with E-state index >= 15 is 0 Å². The summed E-state index contributed by atoms with van der Waals surface area (Å²) in [5, 5.41) is 0. The molecule has 0 saturated heterocycles. The Morgan fingerprint density at radius 1 is 1.10 bits per heavy atom. The highest BCUT2D eigenvalue weighted by Gasteiger charge is 2.15. The number of hydrogen-bond acceptors (Lipinski definition) is 7. The molecule has 0 aliphatic carbocycles. The smallest absolute Gasteiger partial charge is 0.320 e. The van der Waals surface area contributed by atoms with E-state index in [1.54, 1.807) is 12.3 Å². The second kappa shape index (κ2) is 6.14. The van der Waals surface area contributed by atoms with Gasteiger partial charge in [-0.2, -0.15) is 9.97 Å². The van der Waals surface area contributed by atoms with E-state index in [4.69, 9.17) is 15.2 Å². The molecule has 2 heterocycles. The topological polar surface area (TPSA) is 96.0 Å². The maximum atomic E-state index is 5.61. The van der Waals surface area contributed by atoms with Crippen molar-refractivity contribution in [3.63, 3.8) is 0 Å². The lowest BCUT2D eigenvalue weighted by atomic mass is 10.2. The SMILES string of the molecule is CCOc1nc(OCC)c(C)c(-c2ccnc(N)n2)n1. The Bertz CT molecular complexity index is 603. The Labute approximate surface area is 117 Å². The quantitative estimate of drug-likeness (QED) is 0.885. The van der Waals surface area contributed by atoms with Gasteiger partial charge >= 0.3 is 6.01 Å². The van der Waals surface area contributed by atoms with E-state index in [9.17, 15) is 0 Å². The van der Waals surface area contributed by atoms with Crippen molar-refractivity contribution in [2.45, 2.75) is 20.8 Å². The normalized spacial score (nSPS) is 10.3. The van der Waals surface area contributed by atoms with Crippen molar-refractivity contribution in [1.29, 1.82) is 0 Å². The van der Waals surface area contributed by atoms with Crippen LogP contribution in [-0.4, -0.2) is 33.1 Å². The summed E-state index contributed by atoms with van der Waals surface area (Å²) >= 11 is 0.